The molecular formula is C13H11ClN4O. The zero-order chi connectivity index (χ0) is 13.2. The lowest BCUT2D eigenvalue weighted by Gasteiger charge is -2.13. The van der Waals surface area contributed by atoms with E-state index in [4.69, 9.17) is 16.3 Å². The molecule has 2 aromatic heterocycles. The van der Waals surface area contributed by atoms with Gasteiger partial charge in [0.2, 0.25) is 0 Å². The molecule has 6 heteroatoms. The van der Waals surface area contributed by atoms with Crippen molar-refractivity contribution in [3.8, 4) is 0 Å². The number of fused-ring (bicyclic) bond motifs is 1. The summed E-state index contributed by atoms with van der Waals surface area (Å²) in [5.41, 5.74) is 1.65. The Labute approximate surface area is 114 Å². The number of ether oxygens (including phenoxy) is 1. The van der Waals surface area contributed by atoms with Gasteiger partial charge in [-0.15, -0.1) is 10.2 Å². The highest BCUT2D eigenvalue weighted by Gasteiger charge is 2.19. The topological polar surface area (TPSA) is 52.3 Å². The summed E-state index contributed by atoms with van der Waals surface area (Å²) in [6.45, 7) is 0. The second kappa shape index (κ2) is 4.95. The Kier molecular flexibility index (Phi) is 3.15. The molecule has 0 aliphatic carbocycles. The molecule has 2 heterocycles. The Morgan fingerprint density at radius 3 is 2.74 bits per heavy atom. The van der Waals surface area contributed by atoms with Crippen LogP contribution in [0.1, 0.15) is 17.5 Å². The van der Waals surface area contributed by atoms with Crippen molar-refractivity contribution in [1.29, 1.82) is 0 Å². The number of nitrogens with zero attached hydrogens (tertiary/aromatic N) is 4. The molecule has 1 atom stereocenters. The molecule has 0 N–H and O–H groups in total. The molecule has 0 radical (unpaired) electrons. The Morgan fingerprint density at radius 2 is 2.00 bits per heavy atom. The van der Waals surface area contributed by atoms with Gasteiger partial charge in [0.15, 0.2) is 11.5 Å². The first kappa shape index (κ1) is 12.1. The van der Waals surface area contributed by atoms with Crippen molar-refractivity contribution >= 4 is 17.2 Å². The number of hydrogen-bond acceptors (Lipinski definition) is 4. The summed E-state index contributed by atoms with van der Waals surface area (Å²) < 4.78 is 7.31. The fourth-order valence-electron chi connectivity index (χ4n) is 1.99. The first-order valence-corrected chi connectivity index (χ1v) is 6.11. The third-order valence-corrected chi connectivity index (χ3v) is 3.07. The third kappa shape index (κ3) is 2.18. The van der Waals surface area contributed by atoms with E-state index in [2.05, 4.69) is 15.2 Å². The Hall–Kier alpha value is -1.98. The molecule has 0 saturated heterocycles. The monoisotopic (exact) mass is 274 g/mol. The van der Waals surface area contributed by atoms with Crippen LogP contribution in [0.25, 0.3) is 5.65 Å². The fourth-order valence-corrected chi connectivity index (χ4v) is 2.13. The van der Waals surface area contributed by atoms with Crippen LogP contribution in [0, 0.1) is 0 Å². The van der Waals surface area contributed by atoms with Crippen LogP contribution in [0.3, 0.4) is 0 Å². The van der Waals surface area contributed by atoms with Crippen LogP contribution in [0.5, 0.6) is 0 Å². The predicted octanol–water partition coefficient (Wildman–Crippen LogP) is 2.51. The van der Waals surface area contributed by atoms with Crippen molar-refractivity contribution in [2.45, 2.75) is 6.10 Å². The van der Waals surface area contributed by atoms with Gasteiger partial charge in [0, 0.05) is 13.2 Å². The number of rotatable bonds is 3. The van der Waals surface area contributed by atoms with E-state index in [1.54, 1.807) is 23.9 Å². The minimum Gasteiger partial charge on any atom is -0.369 e. The number of hydrogen-bond donors (Lipinski definition) is 0. The van der Waals surface area contributed by atoms with E-state index < -0.39 is 0 Å². The maximum atomic E-state index is 5.83. The molecule has 1 aromatic carbocycles. The average molecular weight is 275 g/mol. The third-order valence-electron chi connectivity index (χ3n) is 2.87. The van der Waals surface area contributed by atoms with E-state index in [1.807, 2.05) is 30.3 Å². The molecule has 3 rings (SSSR count). The smallest absolute Gasteiger partial charge is 0.172 e. The van der Waals surface area contributed by atoms with Crippen LogP contribution in [0.2, 0.25) is 5.15 Å². The summed E-state index contributed by atoms with van der Waals surface area (Å²) in [5, 5.41) is 8.64. The van der Waals surface area contributed by atoms with Crippen LogP contribution in [-0.2, 0) is 4.74 Å². The lowest BCUT2D eigenvalue weighted by Crippen LogP contribution is -2.08. The van der Waals surface area contributed by atoms with Gasteiger partial charge in [-0.3, -0.25) is 4.40 Å². The summed E-state index contributed by atoms with van der Waals surface area (Å²) >= 11 is 5.83. The van der Waals surface area contributed by atoms with Gasteiger partial charge in [-0.2, -0.15) is 0 Å². The second-order valence-electron chi connectivity index (χ2n) is 4.02. The SMILES string of the molecule is COC(c1ccccc1)c1nnc2cc(Cl)ncn12. The van der Waals surface area contributed by atoms with Crippen molar-refractivity contribution in [3.63, 3.8) is 0 Å². The molecule has 0 spiro atoms. The molecular weight excluding hydrogens is 264 g/mol. The summed E-state index contributed by atoms with van der Waals surface area (Å²) in [6.07, 6.45) is 1.31. The van der Waals surface area contributed by atoms with E-state index in [1.165, 1.54) is 0 Å². The van der Waals surface area contributed by atoms with Crippen molar-refractivity contribution < 1.29 is 4.74 Å². The fraction of sp³-hybridized carbons (Fsp3) is 0.154. The van der Waals surface area contributed by atoms with Crippen LogP contribution in [0.15, 0.2) is 42.7 Å². The maximum Gasteiger partial charge on any atom is 0.172 e. The number of methoxy groups -OCH3 is 1. The largest absolute Gasteiger partial charge is 0.369 e. The normalized spacial score (nSPS) is 12.7. The minimum absolute atomic E-state index is 0.292. The molecule has 0 aliphatic rings. The Balaban J connectivity index is 2.12. The van der Waals surface area contributed by atoms with E-state index in [9.17, 15) is 0 Å². The van der Waals surface area contributed by atoms with Gasteiger partial charge in [0.1, 0.15) is 17.6 Å². The van der Waals surface area contributed by atoms with Crippen molar-refractivity contribution in [1.82, 2.24) is 19.6 Å². The summed E-state index contributed by atoms with van der Waals surface area (Å²) in [4.78, 5) is 4.04. The summed E-state index contributed by atoms with van der Waals surface area (Å²) in [7, 11) is 1.64. The standard InChI is InChI=1S/C13H11ClN4O/c1-19-12(9-5-3-2-4-6-9)13-17-16-11-7-10(14)15-8-18(11)13/h2-8,12H,1H3. The molecule has 0 fully saturated rings. The van der Waals surface area contributed by atoms with Crippen molar-refractivity contribution in [2.24, 2.45) is 0 Å². The minimum atomic E-state index is -0.292. The lowest BCUT2D eigenvalue weighted by atomic mass is 10.1. The first-order chi connectivity index (χ1) is 9.29. The van der Waals surface area contributed by atoms with Gasteiger partial charge >= 0.3 is 0 Å². The van der Waals surface area contributed by atoms with E-state index >= 15 is 0 Å². The molecule has 0 saturated carbocycles. The Bertz CT molecular complexity index is 698. The average Bonchev–Trinajstić information content (AvgIpc) is 2.84. The highest BCUT2D eigenvalue weighted by Crippen LogP contribution is 2.24. The maximum absolute atomic E-state index is 5.83. The van der Waals surface area contributed by atoms with Gasteiger partial charge < -0.3 is 4.74 Å². The van der Waals surface area contributed by atoms with Crippen molar-refractivity contribution in [2.75, 3.05) is 7.11 Å². The molecule has 96 valence electrons. The van der Waals surface area contributed by atoms with E-state index in [-0.39, 0.29) is 6.10 Å². The number of benzene rings is 1. The summed E-state index contributed by atoms with van der Waals surface area (Å²) in [5.74, 6) is 0.674. The zero-order valence-electron chi connectivity index (χ0n) is 10.2. The zero-order valence-corrected chi connectivity index (χ0v) is 10.9. The molecule has 1 unspecified atom stereocenters. The van der Waals surface area contributed by atoms with Crippen LogP contribution in [0.4, 0.5) is 0 Å². The molecule has 0 aliphatic heterocycles. The van der Waals surface area contributed by atoms with Crippen molar-refractivity contribution in [3.05, 3.63) is 59.3 Å². The predicted molar refractivity (Wildman–Crippen MR) is 71.1 cm³/mol. The van der Waals surface area contributed by atoms with Crippen LogP contribution < -0.4 is 0 Å². The molecule has 0 amide bonds. The van der Waals surface area contributed by atoms with Gasteiger partial charge in [-0.1, -0.05) is 41.9 Å². The highest BCUT2D eigenvalue weighted by atomic mass is 35.5. The van der Waals surface area contributed by atoms with E-state index in [0.29, 0.717) is 16.6 Å². The molecule has 5 nitrogen and oxygen atoms in total. The molecule has 3 aromatic rings. The highest BCUT2D eigenvalue weighted by molar-refractivity contribution is 6.29. The van der Waals surface area contributed by atoms with Crippen LogP contribution >= 0.6 is 11.6 Å². The first-order valence-electron chi connectivity index (χ1n) is 5.73. The van der Waals surface area contributed by atoms with Gasteiger partial charge in [-0.05, 0) is 5.56 Å². The summed E-state index contributed by atoms with van der Waals surface area (Å²) in [6, 6.07) is 11.5. The second-order valence-corrected chi connectivity index (χ2v) is 4.41. The molecule has 19 heavy (non-hydrogen) atoms. The van der Waals surface area contributed by atoms with Gasteiger partial charge in [0.25, 0.3) is 0 Å². The van der Waals surface area contributed by atoms with Gasteiger partial charge in [0.05, 0.1) is 0 Å². The quantitative estimate of drug-likeness (QED) is 0.689. The van der Waals surface area contributed by atoms with Gasteiger partial charge in [-0.25, -0.2) is 4.98 Å². The lowest BCUT2D eigenvalue weighted by molar-refractivity contribution is 0.128. The Morgan fingerprint density at radius 1 is 1.21 bits per heavy atom. The number of aromatic nitrogens is 4. The molecule has 0 bridgehead atoms. The van der Waals surface area contributed by atoms with Crippen LogP contribution in [-0.4, -0.2) is 26.7 Å². The van der Waals surface area contributed by atoms with E-state index in [0.717, 1.165) is 5.56 Å². The number of halogens is 1.